The quantitative estimate of drug-likeness (QED) is 0.473. The number of nitrogens with zero attached hydrogens (tertiary/aromatic N) is 1. The van der Waals surface area contributed by atoms with Gasteiger partial charge >= 0.3 is 0 Å². The van der Waals surface area contributed by atoms with Gasteiger partial charge in [0.05, 0.1) is 22.7 Å². The number of rotatable bonds is 7. The van der Waals surface area contributed by atoms with Crippen LogP contribution < -0.4 is 9.62 Å². The van der Waals surface area contributed by atoms with Crippen LogP contribution in [0, 0.1) is 19.3 Å². The van der Waals surface area contributed by atoms with Crippen LogP contribution >= 0.6 is 11.6 Å². The molecule has 0 aromatic heterocycles. The molecule has 0 bridgehead atoms. The number of anilines is 1. The molecule has 7 heteroatoms. The highest BCUT2D eigenvalue weighted by Crippen LogP contribution is 2.31. The lowest BCUT2D eigenvalue weighted by Crippen LogP contribution is -2.42. The topological polar surface area (TPSA) is 66.5 Å². The Labute approximate surface area is 200 Å². The molecule has 0 saturated heterocycles. The molecule has 0 spiro atoms. The number of hydrogen-bond donors (Lipinski definition) is 1. The molecule has 5 nitrogen and oxygen atoms in total. The molecule has 0 atom stereocenters. The van der Waals surface area contributed by atoms with Crippen molar-refractivity contribution in [1.29, 1.82) is 0 Å². The second-order valence-electron chi connectivity index (χ2n) is 8.18. The van der Waals surface area contributed by atoms with Crippen LogP contribution in [0.5, 0.6) is 0 Å². The van der Waals surface area contributed by atoms with Gasteiger partial charge in [-0.05, 0) is 68.3 Å². The van der Waals surface area contributed by atoms with E-state index < -0.39 is 15.6 Å². The Morgan fingerprint density at radius 2 is 1.70 bits per heavy atom. The molecule has 0 aliphatic heterocycles. The third kappa shape index (κ3) is 5.75. The molecule has 3 rings (SSSR count). The average molecular weight is 481 g/mol. The lowest BCUT2D eigenvalue weighted by Gasteiger charge is -2.26. The number of terminal acetylenes is 1. The molecule has 0 heterocycles. The van der Waals surface area contributed by atoms with E-state index in [1.54, 1.807) is 86.6 Å². The average Bonchev–Trinajstić information content (AvgIpc) is 2.80. The number of halogens is 1. The van der Waals surface area contributed by atoms with Crippen molar-refractivity contribution in [1.82, 2.24) is 5.32 Å². The zero-order valence-electron chi connectivity index (χ0n) is 18.7. The minimum Gasteiger partial charge on any atom is -0.336 e. The minimum absolute atomic E-state index is 0.0656. The first kappa shape index (κ1) is 24.4. The van der Waals surface area contributed by atoms with Gasteiger partial charge < -0.3 is 5.32 Å². The van der Waals surface area contributed by atoms with Crippen LogP contribution in [0.3, 0.4) is 0 Å². The van der Waals surface area contributed by atoms with Crippen molar-refractivity contribution in [2.75, 3.05) is 4.31 Å². The van der Waals surface area contributed by atoms with Crippen LogP contribution in [0.4, 0.5) is 5.69 Å². The van der Waals surface area contributed by atoms with Crippen molar-refractivity contribution in [3.8, 4) is 12.3 Å². The molecule has 0 fully saturated rings. The summed E-state index contributed by atoms with van der Waals surface area (Å²) in [7, 11) is -3.87. The number of sulfonamides is 1. The van der Waals surface area contributed by atoms with E-state index >= 15 is 0 Å². The molecule has 3 aromatic carbocycles. The summed E-state index contributed by atoms with van der Waals surface area (Å²) in [5.41, 5.74) is 1.62. The molecule has 0 radical (unpaired) electrons. The summed E-state index contributed by atoms with van der Waals surface area (Å²) in [6, 6.07) is 20.1. The van der Waals surface area contributed by atoms with E-state index in [-0.39, 0.29) is 17.3 Å². The van der Waals surface area contributed by atoms with Crippen molar-refractivity contribution in [2.24, 2.45) is 0 Å². The van der Waals surface area contributed by atoms with Crippen LogP contribution in [-0.4, -0.2) is 19.9 Å². The summed E-state index contributed by atoms with van der Waals surface area (Å²) < 4.78 is 28.5. The predicted molar refractivity (Wildman–Crippen MR) is 133 cm³/mol. The number of amides is 1. The van der Waals surface area contributed by atoms with Gasteiger partial charge in [-0.3, -0.25) is 9.10 Å². The molecule has 0 aliphatic carbocycles. The molecule has 1 amide bonds. The third-order valence-electron chi connectivity index (χ3n) is 5.10. The highest BCUT2D eigenvalue weighted by atomic mass is 35.5. The lowest BCUT2D eigenvalue weighted by atomic mass is 10.1. The summed E-state index contributed by atoms with van der Waals surface area (Å²) in [5, 5.41) is 3.21. The first-order valence-electron chi connectivity index (χ1n) is 10.3. The summed E-state index contributed by atoms with van der Waals surface area (Å²) >= 11 is 6.20. The second kappa shape index (κ2) is 9.70. The van der Waals surface area contributed by atoms with E-state index in [4.69, 9.17) is 18.0 Å². The Bertz CT molecular complexity index is 1300. The Morgan fingerprint density at radius 1 is 1.06 bits per heavy atom. The van der Waals surface area contributed by atoms with Crippen molar-refractivity contribution >= 4 is 33.2 Å². The second-order valence-corrected chi connectivity index (χ2v) is 10.5. The van der Waals surface area contributed by atoms with Gasteiger partial charge in [0.2, 0.25) is 0 Å². The Morgan fingerprint density at radius 3 is 2.30 bits per heavy atom. The molecule has 3 aromatic rings. The van der Waals surface area contributed by atoms with Crippen molar-refractivity contribution in [3.05, 3.63) is 94.5 Å². The maximum atomic E-state index is 13.6. The SMILES string of the molecule is C#CC(C)(C)NC(=O)c1ccc(CN(c2cc(Cl)ccc2C)S(=O)(=O)c2ccccc2)cc1. The van der Waals surface area contributed by atoms with Gasteiger partial charge in [-0.25, -0.2) is 8.42 Å². The van der Waals surface area contributed by atoms with E-state index in [0.717, 1.165) is 5.56 Å². The fraction of sp³-hybridized carbons (Fsp3) is 0.192. The monoisotopic (exact) mass is 480 g/mol. The van der Waals surface area contributed by atoms with E-state index in [0.29, 0.717) is 21.8 Å². The fourth-order valence-electron chi connectivity index (χ4n) is 3.19. The van der Waals surface area contributed by atoms with Gasteiger partial charge in [-0.15, -0.1) is 6.42 Å². The molecule has 1 N–H and O–H groups in total. The number of carbonyl (C=O) groups excluding carboxylic acids is 1. The zero-order valence-corrected chi connectivity index (χ0v) is 20.2. The molecule has 0 unspecified atom stereocenters. The van der Waals surface area contributed by atoms with Gasteiger partial charge in [-0.2, -0.15) is 0 Å². The normalized spacial score (nSPS) is 11.5. The van der Waals surface area contributed by atoms with Crippen molar-refractivity contribution in [3.63, 3.8) is 0 Å². The summed E-state index contributed by atoms with van der Waals surface area (Å²) in [5.74, 6) is 2.22. The van der Waals surface area contributed by atoms with Crippen LogP contribution in [0.25, 0.3) is 0 Å². The fourth-order valence-corrected chi connectivity index (χ4v) is 4.89. The highest BCUT2D eigenvalue weighted by molar-refractivity contribution is 7.92. The number of aryl methyl sites for hydroxylation is 1. The third-order valence-corrected chi connectivity index (χ3v) is 7.11. The van der Waals surface area contributed by atoms with Gasteiger partial charge in [-0.1, -0.05) is 53.9 Å². The van der Waals surface area contributed by atoms with Crippen LogP contribution in [0.2, 0.25) is 5.02 Å². The summed E-state index contributed by atoms with van der Waals surface area (Å²) in [6.07, 6.45) is 5.44. The first-order valence-corrected chi connectivity index (χ1v) is 12.1. The largest absolute Gasteiger partial charge is 0.336 e. The molecule has 33 heavy (non-hydrogen) atoms. The standard InChI is InChI=1S/C26H25ClN2O3S/c1-5-26(3,4)28-25(30)21-14-12-20(13-15-21)18-29(24-17-22(27)16-11-19(24)2)33(31,32)23-9-7-6-8-10-23/h1,6-17H,18H2,2-4H3,(H,28,30). The maximum absolute atomic E-state index is 13.6. The van der Waals surface area contributed by atoms with Crippen LogP contribution in [0.1, 0.15) is 35.3 Å². The molecule has 0 aliphatic rings. The molecule has 170 valence electrons. The minimum atomic E-state index is -3.87. The van der Waals surface area contributed by atoms with E-state index in [2.05, 4.69) is 11.2 Å². The number of benzene rings is 3. The highest BCUT2D eigenvalue weighted by Gasteiger charge is 2.27. The van der Waals surface area contributed by atoms with Gasteiger partial charge in [0, 0.05) is 10.6 Å². The van der Waals surface area contributed by atoms with Crippen molar-refractivity contribution < 1.29 is 13.2 Å². The molecular formula is C26H25ClN2O3S. The number of nitrogens with one attached hydrogen (secondary N) is 1. The van der Waals surface area contributed by atoms with Gasteiger partial charge in [0.1, 0.15) is 0 Å². The summed E-state index contributed by atoms with van der Waals surface area (Å²) in [6.45, 7) is 5.37. The van der Waals surface area contributed by atoms with Crippen LogP contribution in [0.15, 0.2) is 77.7 Å². The Balaban J connectivity index is 1.97. The molecule has 0 saturated carbocycles. The zero-order chi connectivity index (χ0) is 24.2. The number of carbonyl (C=O) groups is 1. The van der Waals surface area contributed by atoms with Crippen molar-refractivity contribution in [2.45, 2.75) is 37.8 Å². The number of hydrogen-bond acceptors (Lipinski definition) is 3. The maximum Gasteiger partial charge on any atom is 0.264 e. The van der Waals surface area contributed by atoms with E-state index in [1.165, 1.54) is 4.31 Å². The predicted octanol–water partition coefficient (Wildman–Crippen LogP) is 5.19. The molecular weight excluding hydrogens is 456 g/mol. The van der Waals surface area contributed by atoms with Gasteiger partial charge in [0.25, 0.3) is 15.9 Å². The van der Waals surface area contributed by atoms with E-state index in [1.807, 2.05) is 6.92 Å². The smallest absolute Gasteiger partial charge is 0.264 e. The summed E-state index contributed by atoms with van der Waals surface area (Å²) in [4.78, 5) is 12.7. The lowest BCUT2D eigenvalue weighted by molar-refractivity contribution is 0.0930. The van der Waals surface area contributed by atoms with Crippen LogP contribution in [-0.2, 0) is 16.6 Å². The van der Waals surface area contributed by atoms with Gasteiger partial charge in [0.15, 0.2) is 0 Å². The Hall–Kier alpha value is -3.27. The first-order chi connectivity index (χ1) is 15.5. The Kier molecular flexibility index (Phi) is 7.16. The van der Waals surface area contributed by atoms with E-state index in [9.17, 15) is 13.2 Å².